The maximum atomic E-state index is 12.6. The number of methoxy groups -OCH3 is 1. The van der Waals surface area contributed by atoms with E-state index in [0.717, 1.165) is 13.2 Å². The van der Waals surface area contributed by atoms with Gasteiger partial charge >= 0.3 is 5.97 Å². The molecule has 1 heterocycles. The van der Waals surface area contributed by atoms with Crippen molar-refractivity contribution in [1.82, 2.24) is 4.98 Å². The number of ether oxygens (including phenoxy) is 1. The lowest BCUT2D eigenvalue weighted by Crippen LogP contribution is -2.18. The number of halogens is 3. The van der Waals surface area contributed by atoms with Gasteiger partial charge in [0.1, 0.15) is 0 Å². The number of hydrogen-bond donors (Lipinski definition) is 1. The lowest BCUT2D eigenvalue weighted by molar-refractivity contribution is -0.139. The average molecular weight is 296 g/mol. The van der Waals surface area contributed by atoms with Crippen molar-refractivity contribution in [3.05, 3.63) is 32.2 Å². The average Bonchev–Trinajstić information content (AvgIpc) is 2.20. The molecule has 0 aliphatic heterocycles. The summed E-state index contributed by atoms with van der Waals surface area (Å²) < 4.78 is 29.7. The smallest absolute Gasteiger partial charge is 0.310 e. The van der Waals surface area contributed by atoms with Crippen molar-refractivity contribution in [2.24, 2.45) is 0 Å². The number of aromatic amines is 1. The molecule has 0 radical (unpaired) electrons. The van der Waals surface area contributed by atoms with Gasteiger partial charge in [-0.2, -0.15) is 0 Å². The largest absolute Gasteiger partial charge is 0.469 e. The first-order valence-corrected chi connectivity index (χ1v) is 5.01. The van der Waals surface area contributed by atoms with E-state index >= 15 is 0 Å². The highest BCUT2D eigenvalue weighted by molar-refractivity contribution is 9.10. The van der Waals surface area contributed by atoms with Crippen molar-refractivity contribution in [3.8, 4) is 0 Å². The molecular formula is C9H8BrF2NO3. The zero-order valence-electron chi connectivity index (χ0n) is 8.22. The van der Waals surface area contributed by atoms with E-state index in [2.05, 4.69) is 25.7 Å². The van der Waals surface area contributed by atoms with Crippen LogP contribution in [0.1, 0.15) is 17.7 Å². The molecule has 0 amide bonds. The van der Waals surface area contributed by atoms with Crippen LogP contribution < -0.4 is 5.43 Å². The highest BCUT2D eigenvalue weighted by atomic mass is 79.9. The molecule has 4 nitrogen and oxygen atoms in total. The van der Waals surface area contributed by atoms with Crippen LogP contribution in [0.2, 0.25) is 0 Å². The summed E-state index contributed by atoms with van der Waals surface area (Å²) in [5.41, 5.74) is -1.47. The number of nitrogens with one attached hydrogen (secondary N) is 1. The molecule has 0 aliphatic rings. The SMILES string of the molecule is COC(=O)Cc1c(C(F)F)[nH]c(Br)cc1=O. The Kier molecular flexibility index (Phi) is 4.17. The van der Waals surface area contributed by atoms with E-state index in [-0.39, 0.29) is 10.2 Å². The van der Waals surface area contributed by atoms with Crippen molar-refractivity contribution < 1.29 is 18.3 Å². The third-order valence-electron chi connectivity index (χ3n) is 1.90. The predicted molar refractivity (Wildman–Crippen MR) is 55.4 cm³/mol. The Morgan fingerprint density at radius 1 is 1.62 bits per heavy atom. The molecule has 7 heteroatoms. The van der Waals surface area contributed by atoms with Crippen LogP contribution in [0, 0.1) is 0 Å². The molecule has 1 N–H and O–H groups in total. The van der Waals surface area contributed by atoms with Gasteiger partial charge in [-0.15, -0.1) is 0 Å². The normalized spacial score (nSPS) is 10.6. The first-order chi connectivity index (χ1) is 7.45. The number of pyridine rings is 1. The van der Waals surface area contributed by atoms with Crippen LogP contribution >= 0.6 is 15.9 Å². The van der Waals surface area contributed by atoms with Crippen LogP contribution in [0.4, 0.5) is 8.78 Å². The first-order valence-electron chi connectivity index (χ1n) is 4.22. The number of esters is 1. The van der Waals surface area contributed by atoms with Crippen molar-refractivity contribution in [2.75, 3.05) is 7.11 Å². The Morgan fingerprint density at radius 2 is 2.25 bits per heavy atom. The number of H-pyrrole nitrogens is 1. The lowest BCUT2D eigenvalue weighted by Gasteiger charge is -2.07. The van der Waals surface area contributed by atoms with E-state index in [1.54, 1.807) is 0 Å². The van der Waals surface area contributed by atoms with Crippen molar-refractivity contribution in [2.45, 2.75) is 12.8 Å². The highest BCUT2D eigenvalue weighted by Gasteiger charge is 2.19. The summed E-state index contributed by atoms with van der Waals surface area (Å²) in [6.07, 6.45) is -3.33. The third kappa shape index (κ3) is 2.88. The topological polar surface area (TPSA) is 59.2 Å². The van der Waals surface area contributed by atoms with Gasteiger partial charge in [-0.3, -0.25) is 9.59 Å². The van der Waals surface area contributed by atoms with Gasteiger partial charge in [-0.25, -0.2) is 8.78 Å². The summed E-state index contributed by atoms with van der Waals surface area (Å²) in [5.74, 6) is -0.741. The fourth-order valence-electron chi connectivity index (χ4n) is 1.16. The molecule has 16 heavy (non-hydrogen) atoms. The van der Waals surface area contributed by atoms with Gasteiger partial charge in [0.15, 0.2) is 5.43 Å². The number of aromatic nitrogens is 1. The first kappa shape index (κ1) is 12.8. The molecule has 0 bridgehead atoms. The summed E-state index contributed by atoms with van der Waals surface area (Å²) in [7, 11) is 1.12. The molecule has 0 fully saturated rings. The minimum atomic E-state index is -2.86. The van der Waals surface area contributed by atoms with E-state index in [4.69, 9.17) is 0 Å². The second kappa shape index (κ2) is 5.20. The number of hydrogen-bond acceptors (Lipinski definition) is 3. The molecule has 0 saturated heterocycles. The fourth-order valence-corrected chi connectivity index (χ4v) is 1.58. The van der Waals surface area contributed by atoms with E-state index in [9.17, 15) is 18.4 Å². The Balaban J connectivity index is 3.24. The van der Waals surface area contributed by atoms with E-state index in [1.807, 2.05) is 0 Å². The van der Waals surface area contributed by atoms with Crippen molar-refractivity contribution in [1.29, 1.82) is 0 Å². The molecule has 0 spiro atoms. The number of carbonyl (C=O) groups excluding carboxylic acids is 1. The standard InChI is InChI=1S/C9H8BrF2NO3/c1-16-7(15)2-4-5(14)3-6(10)13-8(4)9(11)12/h3,9H,2H2,1H3,(H,13,14). The summed E-state index contributed by atoms with van der Waals surface area (Å²) in [4.78, 5) is 24.7. The van der Waals surface area contributed by atoms with Gasteiger partial charge in [0.25, 0.3) is 6.43 Å². The number of carbonyl (C=O) groups is 1. The fraction of sp³-hybridized carbons (Fsp3) is 0.333. The third-order valence-corrected chi connectivity index (χ3v) is 2.33. The Bertz CT molecular complexity index is 459. The monoisotopic (exact) mass is 295 g/mol. The molecule has 0 unspecified atom stereocenters. The second-order valence-electron chi connectivity index (χ2n) is 2.93. The van der Waals surface area contributed by atoms with Crippen LogP contribution in [-0.4, -0.2) is 18.1 Å². The van der Waals surface area contributed by atoms with Crippen LogP contribution in [-0.2, 0) is 16.0 Å². The van der Waals surface area contributed by atoms with E-state index in [1.165, 1.54) is 0 Å². The van der Waals surface area contributed by atoms with Gasteiger partial charge in [0, 0.05) is 11.6 Å². The molecule has 1 rings (SSSR count). The van der Waals surface area contributed by atoms with Gasteiger partial charge in [0.2, 0.25) is 0 Å². The molecular weight excluding hydrogens is 288 g/mol. The van der Waals surface area contributed by atoms with Crippen LogP contribution in [0.25, 0.3) is 0 Å². The zero-order chi connectivity index (χ0) is 12.3. The summed E-state index contributed by atoms with van der Waals surface area (Å²) in [5, 5.41) is 0. The zero-order valence-corrected chi connectivity index (χ0v) is 9.81. The van der Waals surface area contributed by atoms with Gasteiger partial charge < -0.3 is 9.72 Å². The minimum absolute atomic E-state index is 0.140. The summed E-state index contributed by atoms with van der Waals surface area (Å²) >= 11 is 2.89. The minimum Gasteiger partial charge on any atom is -0.469 e. The van der Waals surface area contributed by atoms with Crippen molar-refractivity contribution in [3.63, 3.8) is 0 Å². The predicted octanol–water partition coefficient (Wildman–Crippen LogP) is 1.79. The molecule has 0 aliphatic carbocycles. The summed E-state index contributed by atoms with van der Waals surface area (Å²) in [6, 6.07) is 1.09. The molecule has 88 valence electrons. The Labute approximate surface area is 97.7 Å². The van der Waals surface area contributed by atoms with E-state index < -0.39 is 29.9 Å². The Morgan fingerprint density at radius 3 is 2.75 bits per heavy atom. The van der Waals surface area contributed by atoms with Crippen LogP contribution in [0.3, 0.4) is 0 Å². The van der Waals surface area contributed by atoms with Gasteiger partial charge in [0.05, 0.1) is 23.8 Å². The van der Waals surface area contributed by atoms with Crippen LogP contribution in [0.15, 0.2) is 15.5 Å². The van der Waals surface area contributed by atoms with Gasteiger partial charge in [-0.05, 0) is 15.9 Å². The second-order valence-corrected chi connectivity index (χ2v) is 3.78. The molecule has 0 aromatic carbocycles. The highest BCUT2D eigenvalue weighted by Crippen LogP contribution is 2.21. The van der Waals surface area contributed by atoms with Crippen molar-refractivity contribution >= 4 is 21.9 Å². The van der Waals surface area contributed by atoms with Gasteiger partial charge in [-0.1, -0.05) is 0 Å². The molecule has 1 aromatic rings. The number of alkyl halides is 2. The maximum absolute atomic E-state index is 12.6. The molecule has 0 saturated carbocycles. The van der Waals surface area contributed by atoms with Crippen LogP contribution in [0.5, 0.6) is 0 Å². The lowest BCUT2D eigenvalue weighted by atomic mass is 10.1. The summed E-state index contributed by atoms with van der Waals surface area (Å²) in [6.45, 7) is 0. The molecule has 1 aromatic heterocycles. The van der Waals surface area contributed by atoms with E-state index in [0.29, 0.717) is 0 Å². The quantitative estimate of drug-likeness (QED) is 0.683. The molecule has 0 atom stereocenters. The Hall–Kier alpha value is -1.24. The number of rotatable bonds is 3. The maximum Gasteiger partial charge on any atom is 0.310 e.